The molecule has 0 aliphatic carbocycles. The first kappa shape index (κ1) is 19.8. The van der Waals surface area contributed by atoms with Gasteiger partial charge in [0.15, 0.2) is 0 Å². The molecule has 0 atom stereocenters. The van der Waals surface area contributed by atoms with Crippen molar-refractivity contribution in [1.82, 2.24) is 14.5 Å². The predicted molar refractivity (Wildman–Crippen MR) is 104 cm³/mol. The zero-order valence-corrected chi connectivity index (χ0v) is 16.3. The van der Waals surface area contributed by atoms with Crippen molar-refractivity contribution >= 4 is 15.7 Å². The van der Waals surface area contributed by atoms with Gasteiger partial charge in [-0.05, 0) is 48.5 Å². The van der Waals surface area contributed by atoms with Crippen LogP contribution >= 0.6 is 0 Å². The number of imidazole rings is 1. The first-order chi connectivity index (χ1) is 14.4. The Balaban J connectivity index is 1.70. The highest BCUT2D eigenvalue weighted by Crippen LogP contribution is 2.32. The van der Waals surface area contributed by atoms with Crippen molar-refractivity contribution in [1.29, 1.82) is 0 Å². The second-order valence-corrected chi connectivity index (χ2v) is 8.21. The number of anilines is 1. The topological polar surface area (TPSA) is 90.0 Å². The number of oxazole rings is 1. The van der Waals surface area contributed by atoms with Gasteiger partial charge in [-0.3, -0.25) is 0 Å². The summed E-state index contributed by atoms with van der Waals surface area (Å²) in [6.45, 7) is 0.836. The van der Waals surface area contributed by atoms with Crippen molar-refractivity contribution in [3.8, 4) is 11.5 Å². The fourth-order valence-electron chi connectivity index (χ4n) is 2.76. The molecule has 1 N–H and O–H groups in total. The van der Waals surface area contributed by atoms with Crippen LogP contribution < -0.4 is 5.32 Å². The van der Waals surface area contributed by atoms with E-state index in [9.17, 15) is 17.2 Å². The van der Waals surface area contributed by atoms with Gasteiger partial charge in [-0.15, -0.1) is 0 Å². The van der Waals surface area contributed by atoms with Gasteiger partial charge in [0, 0.05) is 31.0 Å². The number of aromatic nitrogens is 3. The third kappa shape index (κ3) is 4.08. The second kappa shape index (κ2) is 8.07. The first-order valence-electron chi connectivity index (χ1n) is 8.90. The second-order valence-electron chi connectivity index (χ2n) is 6.34. The molecule has 0 fully saturated rings. The Morgan fingerprint density at radius 3 is 2.30 bits per heavy atom. The summed E-state index contributed by atoms with van der Waals surface area (Å²) in [5.41, 5.74) is 0.412. The minimum atomic E-state index is -4.09. The van der Waals surface area contributed by atoms with Crippen LogP contribution in [0.5, 0.6) is 0 Å². The molecule has 2 aromatic carbocycles. The van der Waals surface area contributed by atoms with Gasteiger partial charge in [0.05, 0.1) is 11.2 Å². The van der Waals surface area contributed by atoms with Crippen LogP contribution in [0.4, 0.5) is 14.7 Å². The third-order valence-electron chi connectivity index (χ3n) is 4.28. The summed E-state index contributed by atoms with van der Waals surface area (Å²) >= 11 is 0. The Bertz CT molecular complexity index is 1240. The first-order valence-corrected chi connectivity index (χ1v) is 10.4. The highest BCUT2D eigenvalue weighted by atomic mass is 32.2. The third-order valence-corrected chi connectivity index (χ3v) is 5.96. The minimum Gasteiger partial charge on any atom is -0.419 e. The SMILES string of the molecule is O=S(=O)(c1ccc(F)cc1)c1nc(-c2ccc(F)cc2)oc1NCCn1ccnc1. The molecule has 2 aromatic heterocycles. The molecule has 0 bridgehead atoms. The molecule has 2 heterocycles. The van der Waals surface area contributed by atoms with E-state index in [1.807, 2.05) is 0 Å². The van der Waals surface area contributed by atoms with E-state index in [4.69, 9.17) is 4.42 Å². The smallest absolute Gasteiger partial charge is 0.233 e. The van der Waals surface area contributed by atoms with Crippen molar-refractivity contribution < 1.29 is 21.6 Å². The maximum absolute atomic E-state index is 13.2. The molecular formula is C20H16F2N4O3S. The minimum absolute atomic E-state index is 0.0146. The summed E-state index contributed by atoms with van der Waals surface area (Å²) in [4.78, 5) is 7.96. The van der Waals surface area contributed by atoms with E-state index in [2.05, 4.69) is 15.3 Å². The number of nitrogens with zero attached hydrogens (tertiary/aromatic N) is 3. The van der Waals surface area contributed by atoms with E-state index in [-0.39, 0.29) is 21.7 Å². The quantitative estimate of drug-likeness (QED) is 0.449. The number of hydrogen-bond donors (Lipinski definition) is 1. The number of sulfone groups is 1. The maximum atomic E-state index is 13.2. The molecule has 0 unspecified atom stereocenters. The molecule has 0 amide bonds. The monoisotopic (exact) mass is 430 g/mol. The van der Waals surface area contributed by atoms with Crippen LogP contribution in [0.1, 0.15) is 0 Å². The lowest BCUT2D eigenvalue weighted by Crippen LogP contribution is -2.12. The van der Waals surface area contributed by atoms with Gasteiger partial charge < -0.3 is 14.3 Å². The van der Waals surface area contributed by atoms with Crippen LogP contribution in [0.3, 0.4) is 0 Å². The van der Waals surface area contributed by atoms with Gasteiger partial charge in [-0.25, -0.2) is 22.2 Å². The van der Waals surface area contributed by atoms with Crippen LogP contribution in [0, 0.1) is 11.6 Å². The Kier molecular flexibility index (Phi) is 5.32. The fourth-order valence-corrected chi connectivity index (χ4v) is 4.04. The van der Waals surface area contributed by atoms with Gasteiger partial charge in [-0.2, -0.15) is 4.98 Å². The number of benzene rings is 2. The molecule has 4 rings (SSSR count). The van der Waals surface area contributed by atoms with Gasteiger partial charge in [0.2, 0.25) is 26.6 Å². The van der Waals surface area contributed by atoms with Crippen LogP contribution in [-0.2, 0) is 16.4 Å². The average molecular weight is 430 g/mol. The van der Waals surface area contributed by atoms with Gasteiger partial charge >= 0.3 is 0 Å². The van der Waals surface area contributed by atoms with Crippen LogP contribution in [0.15, 0.2) is 81.6 Å². The van der Waals surface area contributed by atoms with Crippen molar-refractivity contribution in [3.63, 3.8) is 0 Å². The van der Waals surface area contributed by atoms with E-state index < -0.39 is 21.5 Å². The summed E-state index contributed by atoms with van der Waals surface area (Å²) in [5.74, 6) is -1.04. The lowest BCUT2D eigenvalue weighted by Gasteiger charge is -2.06. The van der Waals surface area contributed by atoms with Crippen molar-refractivity contribution in [3.05, 3.63) is 78.9 Å². The van der Waals surface area contributed by atoms with Crippen LogP contribution in [-0.4, -0.2) is 29.5 Å². The molecule has 30 heavy (non-hydrogen) atoms. The Morgan fingerprint density at radius 2 is 1.67 bits per heavy atom. The number of nitrogens with one attached hydrogen (secondary N) is 1. The molecule has 0 saturated heterocycles. The molecule has 0 saturated carbocycles. The molecule has 154 valence electrons. The Hall–Kier alpha value is -3.53. The summed E-state index contributed by atoms with van der Waals surface area (Å²) in [7, 11) is -4.09. The number of halogens is 2. The standard InChI is InChI=1S/C20H16F2N4O3S/c21-15-3-1-14(2-4-15)18-25-20(30(27,28)17-7-5-16(22)6-8-17)19(29-18)24-10-12-26-11-9-23-13-26/h1-9,11,13,24H,10,12H2. The lowest BCUT2D eigenvalue weighted by atomic mass is 10.2. The van der Waals surface area contributed by atoms with Gasteiger partial charge in [-0.1, -0.05) is 0 Å². The Labute approximate surface area is 170 Å². The largest absolute Gasteiger partial charge is 0.419 e. The molecule has 7 nitrogen and oxygen atoms in total. The fraction of sp³-hybridized carbons (Fsp3) is 0.100. The predicted octanol–water partition coefficient (Wildman–Crippen LogP) is 3.76. The van der Waals surface area contributed by atoms with Gasteiger partial charge in [0.25, 0.3) is 0 Å². The van der Waals surface area contributed by atoms with Crippen molar-refractivity contribution in [2.75, 3.05) is 11.9 Å². The molecule has 0 spiro atoms. The number of hydrogen-bond acceptors (Lipinski definition) is 6. The number of rotatable bonds is 7. The van der Waals surface area contributed by atoms with Crippen molar-refractivity contribution in [2.45, 2.75) is 16.5 Å². The summed E-state index contributed by atoms with van der Waals surface area (Å²) < 4.78 is 60.1. The lowest BCUT2D eigenvalue weighted by molar-refractivity contribution is 0.572. The van der Waals surface area contributed by atoms with Crippen LogP contribution in [0.25, 0.3) is 11.5 Å². The molecule has 0 aliphatic heterocycles. The van der Waals surface area contributed by atoms with E-state index >= 15 is 0 Å². The van der Waals surface area contributed by atoms with Crippen LogP contribution in [0.2, 0.25) is 0 Å². The van der Waals surface area contributed by atoms with Crippen molar-refractivity contribution in [2.24, 2.45) is 0 Å². The average Bonchev–Trinajstić information content (AvgIpc) is 3.39. The van der Waals surface area contributed by atoms with E-state index in [1.54, 1.807) is 23.3 Å². The zero-order chi connectivity index (χ0) is 21.1. The van der Waals surface area contributed by atoms with E-state index in [0.717, 1.165) is 24.3 Å². The zero-order valence-electron chi connectivity index (χ0n) is 15.5. The molecular weight excluding hydrogens is 414 g/mol. The maximum Gasteiger partial charge on any atom is 0.233 e. The Morgan fingerprint density at radius 1 is 1.00 bits per heavy atom. The molecule has 0 radical (unpaired) electrons. The van der Waals surface area contributed by atoms with E-state index in [0.29, 0.717) is 18.7 Å². The van der Waals surface area contributed by atoms with E-state index in [1.165, 1.54) is 24.3 Å². The summed E-state index contributed by atoms with van der Waals surface area (Å²) in [6.07, 6.45) is 5.02. The highest BCUT2D eigenvalue weighted by Gasteiger charge is 2.28. The molecule has 0 aliphatic rings. The highest BCUT2D eigenvalue weighted by molar-refractivity contribution is 7.91. The summed E-state index contributed by atoms with van der Waals surface area (Å²) in [5, 5.41) is 2.60. The molecule has 4 aromatic rings. The van der Waals surface area contributed by atoms with Gasteiger partial charge in [0.1, 0.15) is 11.6 Å². The normalized spacial score (nSPS) is 11.5. The summed E-state index contributed by atoms with van der Waals surface area (Å²) in [6, 6.07) is 9.74. The molecule has 10 heteroatoms.